The maximum absolute atomic E-state index is 13.0. The molecule has 2 heterocycles. The van der Waals surface area contributed by atoms with Crippen molar-refractivity contribution in [2.75, 3.05) is 13.1 Å². The summed E-state index contributed by atoms with van der Waals surface area (Å²) in [6.45, 7) is -0.00274. The minimum atomic E-state index is -5.56. The van der Waals surface area contributed by atoms with E-state index in [1.165, 1.54) is 6.92 Å². The summed E-state index contributed by atoms with van der Waals surface area (Å²) in [5, 5.41) is 12.7. The zero-order valence-corrected chi connectivity index (χ0v) is 9.57. The molecular weight excluding hydrogens is 280 g/mol. The van der Waals surface area contributed by atoms with Gasteiger partial charge in [-0.1, -0.05) is 12.1 Å². The normalized spacial score (nSPS) is 30.4. The van der Waals surface area contributed by atoms with Crippen molar-refractivity contribution >= 4 is 0 Å². The lowest BCUT2D eigenvalue weighted by atomic mass is 9.95. The zero-order chi connectivity index (χ0) is 14.5. The molecule has 11 heteroatoms. The van der Waals surface area contributed by atoms with Crippen LogP contribution in [-0.2, 0) is 0 Å². The van der Waals surface area contributed by atoms with Gasteiger partial charge < -0.3 is 0 Å². The van der Waals surface area contributed by atoms with E-state index in [2.05, 4.69) is 20.6 Å². The van der Waals surface area contributed by atoms with Gasteiger partial charge in [0.25, 0.3) is 5.54 Å². The van der Waals surface area contributed by atoms with Crippen LogP contribution in [0.15, 0.2) is 20.6 Å². The molecule has 2 atom stereocenters. The average molecular weight is 289 g/mol. The Kier molecular flexibility index (Phi) is 2.97. The van der Waals surface area contributed by atoms with E-state index in [1.54, 1.807) is 0 Å². The van der Waals surface area contributed by atoms with Crippen LogP contribution in [0.25, 0.3) is 0 Å². The Labute approximate surface area is 103 Å². The second kappa shape index (κ2) is 4.04. The highest BCUT2D eigenvalue weighted by molar-refractivity contribution is 5.08. The topological polar surface area (TPSA) is 52.7 Å². The van der Waals surface area contributed by atoms with Crippen molar-refractivity contribution < 1.29 is 26.3 Å². The van der Waals surface area contributed by atoms with Crippen LogP contribution in [0.5, 0.6) is 0 Å². The van der Waals surface area contributed by atoms with Gasteiger partial charge in [-0.2, -0.15) is 41.7 Å². The minimum Gasteiger partial charge on any atom is -0.226 e. The van der Waals surface area contributed by atoms with Crippen LogP contribution >= 0.6 is 0 Å². The highest BCUT2D eigenvalue weighted by Crippen LogP contribution is 2.51. The predicted molar refractivity (Wildman–Crippen MR) is 49.1 cm³/mol. The van der Waals surface area contributed by atoms with E-state index in [9.17, 15) is 26.3 Å². The monoisotopic (exact) mass is 289 g/mol. The third-order valence-electron chi connectivity index (χ3n) is 3.12. The molecule has 108 valence electrons. The first-order valence-corrected chi connectivity index (χ1v) is 5.28. The Morgan fingerprint density at radius 3 is 2.05 bits per heavy atom. The SMILES string of the molecule is CC1CN=NC1N1N=NCC1(C(F)(F)F)C(F)(F)F. The summed E-state index contributed by atoms with van der Waals surface area (Å²) >= 11 is 0. The summed E-state index contributed by atoms with van der Waals surface area (Å²) < 4.78 is 77.9. The lowest BCUT2D eigenvalue weighted by Crippen LogP contribution is -2.68. The van der Waals surface area contributed by atoms with E-state index in [4.69, 9.17) is 0 Å². The summed E-state index contributed by atoms with van der Waals surface area (Å²) in [7, 11) is 0. The third kappa shape index (κ3) is 1.86. The van der Waals surface area contributed by atoms with Gasteiger partial charge in [0.05, 0.1) is 6.54 Å². The maximum atomic E-state index is 13.0. The fraction of sp³-hybridized carbons (Fsp3) is 1.00. The molecule has 0 aliphatic carbocycles. The van der Waals surface area contributed by atoms with E-state index >= 15 is 0 Å². The van der Waals surface area contributed by atoms with Crippen LogP contribution in [0.3, 0.4) is 0 Å². The van der Waals surface area contributed by atoms with Crippen molar-refractivity contribution in [3.05, 3.63) is 0 Å². The number of halogens is 6. The Hall–Kier alpha value is -1.42. The van der Waals surface area contributed by atoms with Crippen LogP contribution in [0.2, 0.25) is 0 Å². The maximum Gasteiger partial charge on any atom is 0.424 e. The molecule has 0 N–H and O–H groups in total. The zero-order valence-electron chi connectivity index (χ0n) is 9.57. The number of hydrogen-bond donors (Lipinski definition) is 0. The van der Waals surface area contributed by atoms with Crippen molar-refractivity contribution in [3.8, 4) is 0 Å². The molecule has 0 aromatic heterocycles. The molecule has 5 nitrogen and oxygen atoms in total. The van der Waals surface area contributed by atoms with Crippen LogP contribution < -0.4 is 0 Å². The van der Waals surface area contributed by atoms with Gasteiger partial charge >= 0.3 is 12.4 Å². The molecule has 2 rings (SSSR count). The molecule has 0 amide bonds. The van der Waals surface area contributed by atoms with Gasteiger partial charge in [0.1, 0.15) is 6.54 Å². The number of rotatable bonds is 1. The molecule has 0 aromatic rings. The molecule has 0 bridgehead atoms. The lowest BCUT2D eigenvalue weighted by molar-refractivity contribution is -0.337. The predicted octanol–water partition coefficient (Wildman–Crippen LogP) is 2.96. The Bertz CT molecular complexity index is 399. The molecule has 2 aliphatic rings. The van der Waals surface area contributed by atoms with Gasteiger partial charge in [-0.05, 0) is 0 Å². The molecule has 19 heavy (non-hydrogen) atoms. The largest absolute Gasteiger partial charge is 0.424 e. The molecule has 0 saturated carbocycles. The number of nitrogens with zero attached hydrogens (tertiary/aromatic N) is 5. The summed E-state index contributed by atoms with van der Waals surface area (Å²) in [5.74, 6) is -0.596. The first-order valence-electron chi connectivity index (χ1n) is 5.28. The fourth-order valence-corrected chi connectivity index (χ4v) is 1.99. The van der Waals surface area contributed by atoms with Crippen molar-refractivity contribution in [2.24, 2.45) is 26.5 Å². The van der Waals surface area contributed by atoms with Gasteiger partial charge in [-0.25, -0.2) is 5.01 Å². The van der Waals surface area contributed by atoms with Gasteiger partial charge in [0.15, 0.2) is 6.17 Å². The first kappa shape index (κ1) is 14.0. The smallest absolute Gasteiger partial charge is 0.226 e. The van der Waals surface area contributed by atoms with Crippen molar-refractivity contribution in [3.63, 3.8) is 0 Å². The van der Waals surface area contributed by atoms with E-state index in [0.717, 1.165) is 0 Å². The molecule has 0 spiro atoms. The number of azo groups is 1. The Balaban J connectivity index is 2.47. The molecule has 2 aliphatic heterocycles. The number of hydrogen-bond acceptors (Lipinski definition) is 5. The van der Waals surface area contributed by atoms with E-state index in [-0.39, 0.29) is 11.6 Å². The van der Waals surface area contributed by atoms with Crippen LogP contribution in [0, 0.1) is 5.92 Å². The molecular formula is C8H9F6N5. The van der Waals surface area contributed by atoms with Crippen molar-refractivity contribution in [1.29, 1.82) is 0 Å². The molecule has 0 aromatic carbocycles. The standard InChI is InChI=1S/C8H9F6N5/c1-4-2-15-17-5(4)19-6(3-16-18-19,7(9,10)11)8(12,13)14/h4-5H,2-3H2,1H3. The summed E-state index contributed by atoms with van der Waals surface area (Å²) in [6.07, 6.45) is -12.5. The van der Waals surface area contributed by atoms with Gasteiger partial charge in [0.2, 0.25) is 0 Å². The van der Waals surface area contributed by atoms with Crippen LogP contribution in [0.1, 0.15) is 6.92 Å². The summed E-state index contributed by atoms with van der Waals surface area (Å²) in [4.78, 5) is 0. The van der Waals surface area contributed by atoms with Gasteiger partial charge in [-0.15, -0.1) is 0 Å². The van der Waals surface area contributed by atoms with Crippen LogP contribution in [-0.4, -0.2) is 42.2 Å². The molecule has 0 fully saturated rings. The lowest BCUT2D eigenvalue weighted by Gasteiger charge is -2.40. The Morgan fingerprint density at radius 2 is 1.63 bits per heavy atom. The minimum absolute atomic E-state index is 0.0580. The first-order chi connectivity index (χ1) is 8.61. The second-order valence-electron chi connectivity index (χ2n) is 4.42. The average Bonchev–Trinajstić information content (AvgIpc) is 2.79. The van der Waals surface area contributed by atoms with Crippen molar-refractivity contribution in [1.82, 2.24) is 5.01 Å². The number of alkyl halides is 6. The highest BCUT2D eigenvalue weighted by Gasteiger charge is 2.77. The molecule has 0 radical (unpaired) electrons. The summed E-state index contributed by atoms with van der Waals surface area (Å²) in [6, 6.07) is 0. The summed E-state index contributed by atoms with van der Waals surface area (Å²) in [5.41, 5.74) is -4.12. The van der Waals surface area contributed by atoms with Crippen LogP contribution in [0.4, 0.5) is 26.3 Å². The van der Waals surface area contributed by atoms with E-state index in [0.29, 0.717) is 0 Å². The van der Waals surface area contributed by atoms with Crippen molar-refractivity contribution in [2.45, 2.75) is 31.0 Å². The van der Waals surface area contributed by atoms with Gasteiger partial charge in [-0.3, -0.25) is 0 Å². The fourth-order valence-electron chi connectivity index (χ4n) is 1.99. The second-order valence-corrected chi connectivity index (χ2v) is 4.42. The van der Waals surface area contributed by atoms with Gasteiger partial charge in [0, 0.05) is 5.92 Å². The Morgan fingerprint density at radius 1 is 1.05 bits per heavy atom. The third-order valence-corrected chi connectivity index (χ3v) is 3.12. The highest BCUT2D eigenvalue weighted by atomic mass is 19.4. The molecule has 0 saturated heterocycles. The van der Waals surface area contributed by atoms with E-state index < -0.39 is 36.5 Å². The quantitative estimate of drug-likeness (QED) is 0.685. The van der Waals surface area contributed by atoms with E-state index in [1.807, 2.05) is 0 Å². The molecule has 2 unspecified atom stereocenters.